The molecular formula is C19H20N2O6S2. The van der Waals surface area contributed by atoms with Crippen molar-refractivity contribution in [1.29, 1.82) is 0 Å². The minimum atomic E-state index is -3.85. The number of methoxy groups -OCH3 is 1. The lowest BCUT2D eigenvalue weighted by atomic mass is 10.2. The van der Waals surface area contributed by atoms with Gasteiger partial charge in [0.15, 0.2) is 9.84 Å². The van der Waals surface area contributed by atoms with Gasteiger partial charge in [-0.25, -0.2) is 26.5 Å². The average molecular weight is 437 g/mol. The molecule has 10 heteroatoms. The Morgan fingerprint density at radius 1 is 1.03 bits per heavy atom. The van der Waals surface area contributed by atoms with E-state index in [9.17, 15) is 16.8 Å². The Labute approximate surface area is 169 Å². The molecule has 0 unspecified atom stereocenters. The fraction of sp³-hybridized carbons (Fsp3) is 0.211. The average Bonchev–Trinajstić information content (AvgIpc) is 3.16. The number of ether oxygens (including phenoxy) is 1. The van der Waals surface area contributed by atoms with Gasteiger partial charge in [0.1, 0.15) is 12.0 Å². The standard InChI is InChI=1S/C19H20N2O6S2/c1-26-16-8-6-14(7-9-16)19-21-15(13-27-19)10-11-20-29(24,25)18-5-3-4-17(12-18)28(2,22)23/h3-9,12-13,20H,10-11H2,1-2H3. The number of nitrogens with one attached hydrogen (secondary N) is 1. The molecule has 1 aromatic heterocycles. The van der Waals surface area contributed by atoms with Gasteiger partial charge in [-0.05, 0) is 42.5 Å². The van der Waals surface area contributed by atoms with Crippen LogP contribution < -0.4 is 9.46 Å². The van der Waals surface area contributed by atoms with Gasteiger partial charge in [0.25, 0.3) is 0 Å². The van der Waals surface area contributed by atoms with E-state index in [4.69, 9.17) is 9.15 Å². The number of rotatable bonds is 8. The summed E-state index contributed by atoms with van der Waals surface area (Å²) in [4.78, 5) is 4.19. The van der Waals surface area contributed by atoms with Crippen molar-refractivity contribution < 1.29 is 26.0 Å². The first-order valence-electron chi connectivity index (χ1n) is 8.58. The molecule has 0 saturated heterocycles. The molecule has 0 bridgehead atoms. The predicted molar refractivity (Wildman–Crippen MR) is 107 cm³/mol. The highest BCUT2D eigenvalue weighted by atomic mass is 32.2. The highest BCUT2D eigenvalue weighted by Gasteiger charge is 2.17. The molecule has 0 atom stereocenters. The first kappa shape index (κ1) is 21.0. The summed E-state index contributed by atoms with van der Waals surface area (Å²) in [7, 11) is -5.77. The molecule has 2 aromatic carbocycles. The minimum Gasteiger partial charge on any atom is -0.497 e. The largest absolute Gasteiger partial charge is 0.497 e. The number of benzene rings is 2. The Morgan fingerprint density at radius 3 is 2.38 bits per heavy atom. The van der Waals surface area contributed by atoms with Crippen LogP contribution in [0.25, 0.3) is 11.5 Å². The summed E-state index contributed by atoms with van der Waals surface area (Å²) >= 11 is 0. The molecule has 0 amide bonds. The van der Waals surface area contributed by atoms with Gasteiger partial charge in [-0.2, -0.15) is 0 Å². The summed E-state index contributed by atoms with van der Waals surface area (Å²) in [6.45, 7) is 0.0834. The molecule has 0 fully saturated rings. The number of sulfonamides is 1. The van der Waals surface area contributed by atoms with Gasteiger partial charge in [0.2, 0.25) is 15.9 Å². The number of sulfone groups is 1. The number of nitrogens with zero attached hydrogens (tertiary/aromatic N) is 1. The van der Waals surface area contributed by atoms with Crippen LogP contribution in [0.1, 0.15) is 5.69 Å². The lowest BCUT2D eigenvalue weighted by Gasteiger charge is -2.07. The highest BCUT2D eigenvalue weighted by Crippen LogP contribution is 2.22. The van der Waals surface area contributed by atoms with Gasteiger partial charge in [-0.1, -0.05) is 6.07 Å². The van der Waals surface area contributed by atoms with E-state index < -0.39 is 19.9 Å². The summed E-state index contributed by atoms with van der Waals surface area (Å²) in [6, 6.07) is 12.4. The molecule has 29 heavy (non-hydrogen) atoms. The van der Waals surface area contributed by atoms with Crippen molar-refractivity contribution in [2.24, 2.45) is 0 Å². The molecule has 0 aliphatic heterocycles. The van der Waals surface area contributed by atoms with Crippen LogP contribution in [-0.4, -0.2) is 41.7 Å². The Bertz CT molecular complexity index is 1200. The Hall–Kier alpha value is -2.69. The molecular weight excluding hydrogens is 416 g/mol. The van der Waals surface area contributed by atoms with E-state index in [1.54, 1.807) is 19.2 Å². The molecule has 1 N–H and O–H groups in total. The number of hydrogen-bond donors (Lipinski definition) is 1. The van der Waals surface area contributed by atoms with E-state index in [-0.39, 0.29) is 16.3 Å². The van der Waals surface area contributed by atoms with Gasteiger partial charge in [0.05, 0.1) is 22.6 Å². The SMILES string of the molecule is COc1ccc(-c2nc(CCNS(=O)(=O)c3cccc(S(C)(=O)=O)c3)co2)cc1. The van der Waals surface area contributed by atoms with Crippen molar-refractivity contribution in [2.75, 3.05) is 19.9 Å². The third-order valence-electron chi connectivity index (χ3n) is 4.11. The zero-order valence-electron chi connectivity index (χ0n) is 15.8. The molecule has 0 spiro atoms. The van der Waals surface area contributed by atoms with Crippen LogP contribution in [0.3, 0.4) is 0 Å². The number of hydrogen-bond acceptors (Lipinski definition) is 7. The zero-order valence-corrected chi connectivity index (χ0v) is 17.5. The third kappa shape index (κ3) is 5.22. The van der Waals surface area contributed by atoms with Crippen LogP contribution in [0, 0.1) is 0 Å². The van der Waals surface area contributed by atoms with Crippen molar-refractivity contribution in [1.82, 2.24) is 9.71 Å². The number of aromatic nitrogens is 1. The van der Waals surface area contributed by atoms with Crippen molar-refractivity contribution in [3.8, 4) is 17.2 Å². The second-order valence-corrected chi connectivity index (χ2v) is 10.0. The molecule has 154 valence electrons. The van der Waals surface area contributed by atoms with Crippen LogP contribution in [-0.2, 0) is 26.3 Å². The van der Waals surface area contributed by atoms with E-state index in [1.807, 2.05) is 12.1 Å². The van der Waals surface area contributed by atoms with Crippen LogP contribution in [0.15, 0.2) is 69.0 Å². The maximum atomic E-state index is 12.4. The Kier molecular flexibility index (Phi) is 6.06. The van der Waals surface area contributed by atoms with Gasteiger partial charge in [-0.3, -0.25) is 0 Å². The maximum absolute atomic E-state index is 12.4. The monoisotopic (exact) mass is 436 g/mol. The van der Waals surface area contributed by atoms with E-state index >= 15 is 0 Å². The normalized spacial score (nSPS) is 12.1. The summed E-state index contributed by atoms with van der Waals surface area (Å²) in [5.74, 6) is 1.14. The minimum absolute atomic E-state index is 0.0546. The molecule has 3 rings (SSSR count). The predicted octanol–water partition coefficient (Wildman–Crippen LogP) is 2.27. The highest BCUT2D eigenvalue weighted by molar-refractivity contribution is 7.91. The molecule has 8 nitrogen and oxygen atoms in total. The van der Waals surface area contributed by atoms with Crippen LogP contribution in [0.2, 0.25) is 0 Å². The summed E-state index contributed by atoms with van der Waals surface area (Å²) in [5, 5.41) is 0. The molecule has 0 radical (unpaired) electrons. The second-order valence-electron chi connectivity index (χ2n) is 6.27. The van der Waals surface area contributed by atoms with Crippen LogP contribution in [0.5, 0.6) is 5.75 Å². The molecule has 0 aliphatic rings. The lowest BCUT2D eigenvalue weighted by molar-refractivity contribution is 0.415. The fourth-order valence-corrected chi connectivity index (χ4v) is 4.38. The second kappa shape index (κ2) is 8.36. The van der Waals surface area contributed by atoms with Crippen molar-refractivity contribution in [3.05, 3.63) is 60.5 Å². The molecule has 0 aliphatic carbocycles. The Morgan fingerprint density at radius 2 is 1.72 bits per heavy atom. The van der Waals surface area contributed by atoms with E-state index in [1.165, 1.54) is 24.5 Å². The van der Waals surface area contributed by atoms with Gasteiger partial charge in [0, 0.05) is 24.8 Å². The molecule has 0 saturated carbocycles. The zero-order chi connectivity index (χ0) is 21.1. The first-order chi connectivity index (χ1) is 13.7. The topological polar surface area (TPSA) is 116 Å². The third-order valence-corrected chi connectivity index (χ3v) is 6.67. The van der Waals surface area contributed by atoms with Gasteiger partial charge in [-0.15, -0.1) is 0 Å². The lowest BCUT2D eigenvalue weighted by Crippen LogP contribution is -2.26. The van der Waals surface area contributed by atoms with Crippen molar-refractivity contribution in [2.45, 2.75) is 16.2 Å². The van der Waals surface area contributed by atoms with E-state index in [0.29, 0.717) is 18.0 Å². The number of oxazole rings is 1. The Balaban J connectivity index is 1.64. The van der Waals surface area contributed by atoms with E-state index in [0.717, 1.165) is 23.6 Å². The fourth-order valence-electron chi connectivity index (χ4n) is 2.56. The van der Waals surface area contributed by atoms with Crippen LogP contribution >= 0.6 is 0 Å². The maximum Gasteiger partial charge on any atom is 0.240 e. The quantitative estimate of drug-likeness (QED) is 0.576. The van der Waals surface area contributed by atoms with Crippen molar-refractivity contribution in [3.63, 3.8) is 0 Å². The van der Waals surface area contributed by atoms with E-state index in [2.05, 4.69) is 9.71 Å². The molecule has 3 aromatic rings. The van der Waals surface area contributed by atoms with Crippen LogP contribution in [0.4, 0.5) is 0 Å². The van der Waals surface area contributed by atoms with Gasteiger partial charge >= 0.3 is 0 Å². The van der Waals surface area contributed by atoms with Crippen molar-refractivity contribution >= 4 is 19.9 Å². The first-order valence-corrected chi connectivity index (χ1v) is 11.9. The van der Waals surface area contributed by atoms with Gasteiger partial charge < -0.3 is 9.15 Å². The molecule has 1 heterocycles. The smallest absolute Gasteiger partial charge is 0.240 e. The summed E-state index contributed by atoms with van der Waals surface area (Å²) in [6.07, 6.45) is 2.81. The summed E-state index contributed by atoms with van der Waals surface area (Å²) in [5.41, 5.74) is 1.36. The summed E-state index contributed by atoms with van der Waals surface area (Å²) < 4.78 is 61.1.